The first-order chi connectivity index (χ1) is 6.65. The highest BCUT2D eigenvalue weighted by Gasteiger charge is 2.10. The second-order valence-electron chi connectivity index (χ2n) is 3.96. The molecule has 0 fully saturated rings. The molecule has 0 saturated carbocycles. The van der Waals surface area contributed by atoms with Gasteiger partial charge in [-0.25, -0.2) is 4.98 Å². The summed E-state index contributed by atoms with van der Waals surface area (Å²) in [4.78, 5) is 4.06. The second kappa shape index (κ2) is 5.12. The van der Waals surface area contributed by atoms with Gasteiger partial charge in [-0.05, 0) is 5.92 Å². The lowest BCUT2D eigenvalue weighted by Crippen LogP contribution is -2.40. The van der Waals surface area contributed by atoms with Crippen LogP contribution < -0.4 is 11.1 Å². The van der Waals surface area contributed by atoms with Crippen molar-refractivity contribution in [1.82, 2.24) is 14.9 Å². The highest BCUT2D eigenvalue weighted by Crippen LogP contribution is 2.02. The number of hydrogen-bond donors (Lipinski definition) is 2. The molecule has 0 radical (unpaired) electrons. The maximum Gasteiger partial charge on any atom is 0.0945 e. The first-order valence-corrected chi connectivity index (χ1v) is 5.03. The second-order valence-corrected chi connectivity index (χ2v) is 3.96. The maximum absolute atomic E-state index is 5.67. The Bertz CT molecular complexity index is 267. The molecule has 3 N–H and O–H groups in total. The van der Waals surface area contributed by atoms with Crippen molar-refractivity contribution in [3.63, 3.8) is 0 Å². The van der Waals surface area contributed by atoms with Gasteiger partial charge in [-0.2, -0.15) is 0 Å². The van der Waals surface area contributed by atoms with E-state index in [1.54, 1.807) is 0 Å². The summed E-state index contributed by atoms with van der Waals surface area (Å²) in [6.07, 6.45) is 3.69. The Morgan fingerprint density at radius 1 is 1.57 bits per heavy atom. The van der Waals surface area contributed by atoms with E-state index in [9.17, 15) is 0 Å². The summed E-state index contributed by atoms with van der Waals surface area (Å²) in [5.74, 6) is 0.563. The van der Waals surface area contributed by atoms with E-state index < -0.39 is 0 Å². The SMILES string of the molecule is CC(C)C(CN)NCc1cncn1C. The van der Waals surface area contributed by atoms with Crippen LogP contribution in [0.1, 0.15) is 19.5 Å². The van der Waals surface area contributed by atoms with Gasteiger partial charge in [-0.15, -0.1) is 0 Å². The molecule has 1 heterocycles. The van der Waals surface area contributed by atoms with E-state index >= 15 is 0 Å². The summed E-state index contributed by atoms with van der Waals surface area (Å²) in [7, 11) is 2.00. The predicted molar refractivity (Wildman–Crippen MR) is 57.7 cm³/mol. The largest absolute Gasteiger partial charge is 0.337 e. The number of nitrogens with two attached hydrogens (primary N) is 1. The fourth-order valence-electron chi connectivity index (χ4n) is 1.38. The Balaban J connectivity index is 2.43. The lowest BCUT2D eigenvalue weighted by Gasteiger charge is -2.20. The minimum absolute atomic E-state index is 0.380. The Hall–Kier alpha value is -0.870. The monoisotopic (exact) mass is 196 g/mol. The zero-order chi connectivity index (χ0) is 10.6. The van der Waals surface area contributed by atoms with Crippen LogP contribution >= 0.6 is 0 Å². The Morgan fingerprint density at radius 3 is 2.71 bits per heavy atom. The third kappa shape index (κ3) is 2.82. The fourth-order valence-corrected chi connectivity index (χ4v) is 1.38. The first kappa shape index (κ1) is 11.2. The molecule has 4 nitrogen and oxygen atoms in total. The predicted octanol–water partition coefficient (Wildman–Crippen LogP) is 0.493. The summed E-state index contributed by atoms with van der Waals surface area (Å²) in [6, 6.07) is 0.380. The highest BCUT2D eigenvalue weighted by atomic mass is 15.1. The van der Waals surface area contributed by atoms with Crippen molar-refractivity contribution in [2.75, 3.05) is 6.54 Å². The number of aryl methyl sites for hydroxylation is 1. The van der Waals surface area contributed by atoms with Gasteiger partial charge in [0.15, 0.2) is 0 Å². The van der Waals surface area contributed by atoms with Crippen LogP contribution in [0.4, 0.5) is 0 Å². The van der Waals surface area contributed by atoms with Gasteiger partial charge in [-0.3, -0.25) is 0 Å². The van der Waals surface area contributed by atoms with E-state index in [1.807, 2.05) is 24.1 Å². The smallest absolute Gasteiger partial charge is 0.0945 e. The number of aromatic nitrogens is 2. The molecule has 1 aromatic heterocycles. The third-order valence-corrected chi connectivity index (χ3v) is 2.52. The van der Waals surface area contributed by atoms with Crippen LogP contribution in [0.3, 0.4) is 0 Å². The van der Waals surface area contributed by atoms with Crippen LogP contribution in [-0.4, -0.2) is 22.1 Å². The van der Waals surface area contributed by atoms with Crippen molar-refractivity contribution in [2.45, 2.75) is 26.4 Å². The van der Waals surface area contributed by atoms with Crippen LogP contribution in [-0.2, 0) is 13.6 Å². The lowest BCUT2D eigenvalue weighted by molar-refractivity contribution is 0.401. The molecule has 1 rings (SSSR count). The Labute approximate surface area is 85.5 Å². The molecular weight excluding hydrogens is 176 g/mol. The summed E-state index contributed by atoms with van der Waals surface area (Å²) in [5.41, 5.74) is 6.85. The van der Waals surface area contributed by atoms with Crippen molar-refractivity contribution in [3.8, 4) is 0 Å². The lowest BCUT2D eigenvalue weighted by atomic mass is 10.0. The van der Waals surface area contributed by atoms with Gasteiger partial charge in [0.25, 0.3) is 0 Å². The van der Waals surface area contributed by atoms with E-state index in [0.717, 1.165) is 6.54 Å². The van der Waals surface area contributed by atoms with Gasteiger partial charge >= 0.3 is 0 Å². The molecule has 0 amide bonds. The van der Waals surface area contributed by atoms with Gasteiger partial charge in [-0.1, -0.05) is 13.8 Å². The number of rotatable bonds is 5. The molecule has 0 aliphatic rings. The summed E-state index contributed by atoms with van der Waals surface area (Å²) in [6.45, 7) is 5.85. The summed E-state index contributed by atoms with van der Waals surface area (Å²) in [5, 5.41) is 3.43. The van der Waals surface area contributed by atoms with Gasteiger partial charge in [0.1, 0.15) is 0 Å². The van der Waals surface area contributed by atoms with E-state index in [-0.39, 0.29) is 0 Å². The number of nitrogens with one attached hydrogen (secondary N) is 1. The zero-order valence-corrected chi connectivity index (χ0v) is 9.20. The van der Waals surface area contributed by atoms with E-state index in [0.29, 0.717) is 18.5 Å². The van der Waals surface area contributed by atoms with Crippen molar-refractivity contribution >= 4 is 0 Å². The van der Waals surface area contributed by atoms with Gasteiger partial charge < -0.3 is 15.6 Å². The van der Waals surface area contributed by atoms with Crippen molar-refractivity contribution < 1.29 is 0 Å². The molecule has 1 aromatic rings. The topological polar surface area (TPSA) is 55.9 Å². The molecule has 0 aliphatic heterocycles. The van der Waals surface area contributed by atoms with E-state index in [1.165, 1.54) is 5.69 Å². The molecule has 14 heavy (non-hydrogen) atoms. The molecule has 0 bridgehead atoms. The zero-order valence-electron chi connectivity index (χ0n) is 9.20. The fraction of sp³-hybridized carbons (Fsp3) is 0.700. The van der Waals surface area contributed by atoms with Crippen LogP contribution in [0.5, 0.6) is 0 Å². The minimum Gasteiger partial charge on any atom is -0.337 e. The average Bonchev–Trinajstić information content (AvgIpc) is 2.52. The molecule has 4 heteroatoms. The summed E-state index contributed by atoms with van der Waals surface area (Å²) >= 11 is 0. The van der Waals surface area contributed by atoms with Crippen LogP contribution in [0.15, 0.2) is 12.5 Å². The number of hydrogen-bond acceptors (Lipinski definition) is 3. The Kier molecular flexibility index (Phi) is 4.10. The first-order valence-electron chi connectivity index (χ1n) is 5.03. The van der Waals surface area contributed by atoms with Gasteiger partial charge in [0, 0.05) is 32.4 Å². The highest BCUT2D eigenvalue weighted by molar-refractivity contribution is 4.97. The summed E-state index contributed by atoms with van der Waals surface area (Å²) < 4.78 is 2.01. The molecule has 0 aliphatic carbocycles. The molecule has 80 valence electrons. The van der Waals surface area contributed by atoms with Gasteiger partial charge in [0.2, 0.25) is 0 Å². The van der Waals surface area contributed by atoms with Crippen molar-refractivity contribution in [1.29, 1.82) is 0 Å². The Morgan fingerprint density at radius 2 is 2.29 bits per heavy atom. The quantitative estimate of drug-likeness (QED) is 0.720. The van der Waals surface area contributed by atoms with Crippen LogP contribution in [0.2, 0.25) is 0 Å². The normalized spacial score (nSPS) is 13.5. The van der Waals surface area contributed by atoms with Crippen LogP contribution in [0.25, 0.3) is 0 Å². The van der Waals surface area contributed by atoms with E-state index in [4.69, 9.17) is 5.73 Å². The maximum atomic E-state index is 5.67. The molecule has 1 atom stereocenters. The van der Waals surface area contributed by atoms with E-state index in [2.05, 4.69) is 24.1 Å². The molecule has 0 saturated heterocycles. The van der Waals surface area contributed by atoms with Crippen molar-refractivity contribution in [2.24, 2.45) is 18.7 Å². The number of nitrogens with zero attached hydrogens (tertiary/aromatic N) is 2. The van der Waals surface area contributed by atoms with Crippen LogP contribution in [0, 0.1) is 5.92 Å². The minimum atomic E-state index is 0.380. The van der Waals surface area contributed by atoms with Crippen molar-refractivity contribution in [3.05, 3.63) is 18.2 Å². The third-order valence-electron chi connectivity index (χ3n) is 2.52. The molecule has 0 spiro atoms. The standard InChI is InChI=1S/C10H20N4/c1-8(2)10(4-11)13-6-9-5-12-7-14(9)3/h5,7-8,10,13H,4,6,11H2,1-3H3. The molecular formula is C10H20N4. The number of imidazole rings is 1. The molecule has 0 aromatic carbocycles. The average molecular weight is 196 g/mol. The van der Waals surface area contributed by atoms with Gasteiger partial charge in [0.05, 0.1) is 12.0 Å². The molecule has 1 unspecified atom stereocenters.